The number of amides is 1. The summed E-state index contributed by atoms with van der Waals surface area (Å²) < 4.78 is 79.4. The van der Waals surface area contributed by atoms with Crippen LogP contribution in [0.4, 0.5) is 13.2 Å². The summed E-state index contributed by atoms with van der Waals surface area (Å²) in [6.45, 7) is 7.97. The molecule has 262 valence electrons. The van der Waals surface area contributed by atoms with Crippen molar-refractivity contribution in [2.45, 2.75) is 81.8 Å². The summed E-state index contributed by atoms with van der Waals surface area (Å²) in [6.07, 6.45) is -6.55. The maximum absolute atomic E-state index is 12.8. The fourth-order valence-corrected chi connectivity index (χ4v) is 9.19. The molecule has 3 aliphatic rings. The van der Waals surface area contributed by atoms with Crippen LogP contribution in [-0.4, -0.2) is 99.8 Å². The lowest BCUT2D eigenvalue weighted by Crippen LogP contribution is -2.35. The van der Waals surface area contributed by atoms with Crippen LogP contribution in [0.3, 0.4) is 0 Å². The molecule has 0 radical (unpaired) electrons. The molecule has 2 aromatic heterocycles. The Bertz CT molecular complexity index is 1780. The summed E-state index contributed by atoms with van der Waals surface area (Å²) in [5.74, 6) is -2.50. The van der Waals surface area contributed by atoms with Crippen LogP contribution < -0.4 is 4.74 Å². The number of hydrogen-bond donors (Lipinski definition) is 1. The van der Waals surface area contributed by atoms with Crippen molar-refractivity contribution in [2.75, 3.05) is 31.3 Å². The van der Waals surface area contributed by atoms with E-state index in [2.05, 4.69) is 24.0 Å². The number of halogens is 4. The number of nitrogens with zero attached hydrogens (tertiary/aromatic N) is 4. The highest BCUT2D eigenvalue weighted by Gasteiger charge is 2.49. The number of ether oxygens (including phenoxy) is 4. The maximum Gasteiger partial charge on any atom is 0.474 e. The SMILES string of the molecule is C[Si](C)(C)CCOCn1c(O[C@@H]2CO[C@H]3[C@@H]2OC[C@H]3O)nc2nc(-c3ccc(C4CCS(=O)(=NC(=O)C(F)(F)F)CC4)cc3)c(Cl)cc21. The van der Waals surface area contributed by atoms with E-state index in [1.54, 1.807) is 10.6 Å². The monoisotopic (exact) mass is 730 g/mol. The molecule has 17 heteroatoms. The summed E-state index contributed by atoms with van der Waals surface area (Å²) in [5.41, 5.74) is 3.15. The van der Waals surface area contributed by atoms with Crippen LogP contribution in [0.25, 0.3) is 22.4 Å². The van der Waals surface area contributed by atoms with Gasteiger partial charge in [0.25, 0.3) is 0 Å². The van der Waals surface area contributed by atoms with Gasteiger partial charge >= 0.3 is 18.1 Å². The van der Waals surface area contributed by atoms with E-state index in [0.717, 1.165) is 17.2 Å². The van der Waals surface area contributed by atoms with Crippen molar-refractivity contribution in [3.8, 4) is 17.3 Å². The minimum Gasteiger partial charge on any atom is -0.456 e. The number of pyridine rings is 1. The Balaban J connectivity index is 1.21. The third-order valence-corrected chi connectivity index (χ3v) is 13.1. The molecule has 5 heterocycles. The van der Waals surface area contributed by atoms with Gasteiger partial charge in [0.2, 0.25) is 0 Å². The number of rotatable bonds is 9. The van der Waals surface area contributed by atoms with Gasteiger partial charge in [0.1, 0.15) is 25.0 Å². The second-order valence-corrected chi connectivity index (χ2v) is 22.2. The number of carbonyl (C=O) groups excluding carboxylic acids is 1. The molecule has 6 rings (SSSR count). The first-order valence-corrected chi connectivity index (χ1v) is 21.7. The minimum absolute atomic E-state index is 0.0452. The van der Waals surface area contributed by atoms with E-state index in [1.165, 1.54) is 0 Å². The van der Waals surface area contributed by atoms with Gasteiger partial charge in [0.05, 0.1) is 39.2 Å². The molecule has 3 aromatic rings. The van der Waals surface area contributed by atoms with E-state index in [4.69, 9.17) is 40.5 Å². The molecule has 1 aromatic carbocycles. The molecule has 0 bridgehead atoms. The molecule has 0 unspecified atom stereocenters. The number of alkyl halides is 3. The van der Waals surface area contributed by atoms with Crippen molar-refractivity contribution in [2.24, 2.45) is 4.36 Å². The number of aromatic nitrogens is 3. The smallest absolute Gasteiger partial charge is 0.456 e. The quantitative estimate of drug-likeness (QED) is 0.227. The minimum atomic E-state index is -5.13. The van der Waals surface area contributed by atoms with Crippen LogP contribution in [0.5, 0.6) is 6.01 Å². The van der Waals surface area contributed by atoms with Gasteiger partial charge in [-0.15, -0.1) is 0 Å². The first-order chi connectivity index (χ1) is 22.6. The van der Waals surface area contributed by atoms with Gasteiger partial charge in [-0.25, -0.2) is 9.19 Å². The van der Waals surface area contributed by atoms with E-state index < -0.39 is 54.3 Å². The van der Waals surface area contributed by atoms with Gasteiger partial charge in [0, 0.05) is 31.7 Å². The van der Waals surface area contributed by atoms with Gasteiger partial charge < -0.3 is 24.1 Å². The predicted octanol–water partition coefficient (Wildman–Crippen LogP) is 5.40. The topological polar surface area (TPSA) is 134 Å². The number of benzene rings is 1. The highest BCUT2D eigenvalue weighted by atomic mass is 35.5. The van der Waals surface area contributed by atoms with E-state index >= 15 is 0 Å². The Morgan fingerprint density at radius 1 is 1.12 bits per heavy atom. The average molecular weight is 731 g/mol. The van der Waals surface area contributed by atoms with Gasteiger partial charge in [0.15, 0.2) is 11.8 Å². The maximum atomic E-state index is 12.8. The molecule has 0 aliphatic carbocycles. The van der Waals surface area contributed by atoms with Crippen LogP contribution in [0.15, 0.2) is 34.7 Å². The average Bonchev–Trinajstić information content (AvgIpc) is 3.69. The number of hydrogen-bond acceptors (Lipinski definition) is 9. The zero-order valence-corrected chi connectivity index (χ0v) is 29.3. The molecule has 0 saturated carbocycles. The zero-order chi connectivity index (χ0) is 34.4. The third kappa shape index (κ3) is 7.74. The lowest BCUT2D eigenvalue weighted by Gasteiger charge is -2.25. The normalized spacial score (nSPS) is 27.7. The zero-order valence-electron chi connectivity index (χ0n) is 26.7. The molecule has 11 nitrogen and oxygen atoms in total. The molecular weight excluding hydrogens is 693 g/mol. The molecule has 4 atom stereocenters. The Hall–Kier alpha value is -2.60. The Morgan fingerprint density at radius 2 is 1.81 bits per heavy atom. The van der Waals surface area contributed by atoms with Gasteiger partial charge in [-0.1, -0.05) is 55.5 Å². The predicted molar refractivity (Wildman–Crippen MR) is 175 cm³/mol. The van der Waals surface area contributed by atoms with Crippen LogP contribution in [0, 0.1) is 0 Å². The molecular formula is C31H38ClF3N4O7SSi. The van der Waals surface area contributed by atoms with E-state index in [0.29, 0.717) is 41.3 Å². The summed E-state index contributed by atoms with van der Waals surface area (Å²) in [6, 6.07) is 10.5. The lowest BCUT2D eigenvalue weighted by atomic mass is 9.92. The highest BCUT2D eigenvalue weighted by Crippen LogP contribution is 2.36. The van der Waals surface area contributed by atoms with E-state index in [9.17, 15) is 27.3 Å². The molecule has 3 fully saturated rings. The highest BCUT2D eigenvalue weighted by molar-refractivity contribution is 7.93. The van der Waals surface area contributed by atoms with E-state index in [1.807, 2.05) is 24.3 Å². The van der Waals surface area contributed by atoms with Gasteiger partial charge in [-0.05, 0) is 36.4 Å². The summed E-state index contributed by atoms with van der Waals surface area (Å²) in [5, 5.41) is 10.5. The fourth-order valence-electron chi connectivity index (χ4n) is 6.08. The van der Waals surface area contributed by atoms with Crippen LogP contribution in [0.2, 0.25) is 30.7 Å². The fraction of sp³-hybridized carbons (Fsp3) is 0.581. The van der Waals surface area contributed by atoms with Crippen molar-refractivity contribution in [3.63, 3.8) is 0 Å². The number of fused-ring (bicyclic) bond motifs is 2. The molecule has 0 spiro atoms. The Labute approximate surface area is 282 Å². The number of carbonyl (C=O) groups is 1. The summed E-state index contributed by atoms with van der Waals surface area (Å²) >= 11 is 6.80. The Morgan fingerprint density at radius 3 is 2.48 bits per heavy atom. The number of imidazole rings is 1. The number of aliphatic hydroxyl groups is 1. The summed E-state index contributed by atoms with van der Waals surface area (Å²) in [7, 11) is -4.57. The molecule has 1 N–H and O–H groups in total. The summed E-state index contributed by atoms with van der Waals surface area (Å²) in [4.78, 5) is 20.8. The molecule has 1 amide bonds. The molecule has 3 saturated heterocycles. The van der Waals surface area contributed by atoms with Crippen molar-refractivity contribution in [3.05, 3.63) is 40.9 Å². The van der Waals surface area contributed by atoms with Crippen LogP contribution in [-0.2, 0) is 35.5 Å². The first-order valence-electron chi connectivity index (χ1n) is 15.8. The van der Waals surface area contributed by atoms with Crippen LogP contribution in [0.1, 0.15) is 24.3 Å². The van der Waals surface area contributed by atoms with Crippen molar-refractivity contribution >= 4 is 46.5 Å². The molecule has 3 aliphatic heterocycles. The van der Waals surface area contributed by atoms with E-state index in [-0.39, 0.29) is 43.4 Å². The van der Waals surface area contributed by atoms with Crippen molar-refractivity contribution in [1.82, 2.24) is 14.5 Å². The number of aliphatic hydroxyl groups excluding tert-OH is 1. The lowest BCUT2D eigenvalue weighted by molar-refractivity contribution is -0.169. The first kappa shape index (κ1) is 35.2. The van der Waals surface area contributed by atoms with Crippen LogP contribution >= 0.6 is 11.6 Å². The van der Waals surface area contributed by atoms with Crippen molar-refractivity contribution < 1.29 is 46.2 Å². The second-order valence-electron chi connectivity index (χ2n) is 13.6. The van der Waals surface area contributed by atoms with Gasteiger partial charge in [-0.2, -0.15) is 22.5 Å². The third-order valence-electron chi connectivity index (χ3n) is 8.83. The van der Waals surface area contributed by atoms with Gasteiger partial charge in [-0.3, -0.25) is 9.36 Å². The second kappa shape index (κ2) is 13.6. The standard InChI is InChI=1S/C31H38ClF3N4O7SSi/c1-48(2,3)13-10-43-17-39-22-14-21(32)25(36-28(22)37-30(39)46-24-16-45-26-23(40)15-44-27(24)26)20-6-4-18(5-7-20)19-8-11-47(42,12-9-19)38-29(41)31(33,34)35/h4-7,14,19,23-24,26-27,40H,8-13,15-17H2,1-3H3/t19?,23-,24-,26-,27-,47?/m1/s1. The Kier molecular flexibility index (Phi) is 9.99. The largest absolute Gasteiger partial charge is 0.474 e. The molecule has 48 heavy (non-hydrogen) atoms. The van der Waals surface area contributed by atoms with Crippen molar-refractivity contribution in [1.29, 1.82) is 0 Å².